The summed E-state index contributed by atoms with van der Waals surface area (Å²) < 4.78 is 0. The summed E-state index contributed by atoms with van der Waals surface area (Å²) in [6, 6.07) is 4.92. The van der Waals surface area contributed by atoms with E-state index in [9.17, 15) is 0 Å². The zero-order chi connectivity index (χ0) is 17.2. The predicted molar refractivity (Wildman–Crippen MR) is 101 cm³/mol. The van der Waals surface area contributed by atoms with Gasteiger partial charge in [-0.1, -0.05) is 0 Å². The van der Waals surface area contributed by atoms with Gasteiger partial charge in [0.15, 0.2) is 0 Å². The van der Waals surface area contributed by atoms with Gasteiger partial charge in [-0.3, -0.25) is 0 Å². The maximum atomic E-state index is 4.56. The van der Waals surface area contributed by atoms with E-state index >= 15 is 0 Å². The van der Waals surface area contributed by atoms with Crippen LogP contribution in [0, 0.1) is 6.92 Å². The summed E-state index contributed by atoms with van der Waals surface area (Å²) in [5.41, 5.74) is 1.05. The summed E-state index contributed by atoms with van der Waals surface area (Å²) in [6.45, 7) is 6.31. The molecule has 1 atom stereocenters. The zero-order valence-corrected chi connectivity index (χ0v) is 15.3. The second kappa shape index (κ2) is 7.01. The average Bonchev–Trinajstić information content (AvgIpc) is 3.03. The van der Waals surface area contributed by atoms with Crippen LogP contribution in [0.5, 0.6) is 0 Å². The second-order valence-electron chi connectivity index (χ2n) is 6.56. The smallest absolute Gasteiger partial charge is 0.140 e. The fraction of sp³-hybridized carbons (Fsp3) is 0.444. The van der Waals surface area contributed by atoms with Crippen LogP contribution in [0.2, 0.25) is 0 Å². The molecule has 0 amide bonds. The van der Waals surface area contributed by atoms with E-state index in [1.807, 2.05) is 6.07 Å². The molecule has 4 rings (SSSR count). The first-order valence-electron chi connectivity index (χ1n) is 8.69. The van der Waals surface area contributed by atoms with E-state index in [2.05, 4.69) is 50.1 Å². The van der Waals surface area contributed by atoms with Crippen molar-refractivity contribution in [1.82, 2.24) is 25.3 Å². The van der Waals surface area contributed by atoms with Crippen LogP contribution in [0.15, 0.2) is 31.0 Å². The van der Waals surface area contributed by atoms with Crippen LogP contribution in [0.1, 0.15) is 36.4 Å². The summed E-state index contributed by atoms with van der Waals surface area (Å²) >= 11 is 1.73. The van der Waals surface area contributed by atoms with E-state index in [0.29, 0.717) is 6.04 Å². The number of rotatable bonds is 4. The molecule has 1 saturated heterocycles. The maximum Gasteiger partial charge on any atom is 0.140 e. The molecular weight excluding hydrogens is 332 g/mol. The molecular formula is C18H22N6S. The number of anilines is 1. The number of thiophene rings is 1. The van der Waals surface area contributed by atoms with Crippen LogP contribution in [-0.2, 0) is 0 Å². The van der Waals surface area contributed by atoms with Crippen molar-refractivity contribution < 1.29 is 0 Å². The van der Waals surface area contributed by atoms with Gasteiger partial charge in [-0.05, 0) is 38.8 Å². The number of nitrogens with one attached hydrogen (secondary N) is 1. The SMILES string of the molecule is Cc1cc2c(N3CCC(NC(C)c4ccncn4)CC3)ncnc2s1. The molecule has 25 heavy (non-hydrogen) atoms. The third kappa shape index (κ3) is 3.48. The highest BCUT2D eigenvalue weighted by atomic mass is 32.1. The molecule has 0 radical (unpaired) electrons. The number of aromatic nitrogens is 4. The lowest BCUT2D eigenvalue weighted by Gasteiger charge is -2.34. The Morgan fingerprint density at radius 3 is 2.80 bits per heavy atom. The van der Waals surface area contributed by atoms with Gasteiger partial charge in [-0.25, -0.2) is 19.9 Å². The summed E-state index contributed by atoms with van der Waals surface area (Å²) in [7, 11) is 0. The molecule has 0 spiro atoms. The van der Waals surface area contributed by atoms with Crippen LogP contribution in [-0.4, -0.2) is 39.1 Å². The molecule has 130 valence electrons. The van der Waals surface area contributed by atoms with E-state index in [-0.39, 0.29) is 6.04 Å². The molecule has 1 aliphatic rings. The fourth-order valence-corrected chi connectivity index (χ4v) is 4.31. The van der Waals surface area contributed by atoms with E-state index in [1.165, 1.54) is 10.3 Å². The van der Waals surface area contributed by atoms with Gasteiger partial charge < -0.3 is 10.2 Å². The van der Waals surface area contributed by atoms with Gasteiger partial charge >= 0.3 is 0 Å². The molecule has 1 unspecified atom stereocenters. The minimum Gasteiger partial charge on any atom is -0.356 e. The summed E-state index contributed by atoms with van der Waals surface area (Å²) in [4.78, 5) is 22.1. The van der Waals surface area contributed by atoms with Crippen molar-refractivity contribution in [1.29, 1.82) is 0 Å². The van der Waals surface area contributed by atoms with Gasteiger partial charge in [0.1, 0.15) is 23.3 Å². The molecule has 4 heterocycles. The fourth-order valence-electron chi connectivity index (χ4n) is 3.47. The molecule has 0 aliphatic carbocycles. The van der Waals surface area contributed by atoms with Crippen molar-refractivity contribution in [3.63, 3.8) is 0 Å². The number of hydrogen-bond acceptors (Lipinski definition) is 7. The highest BCUT2D eigenvalue weighted by Gasteiger charge is 2.23. The van der Waals surface area contributed by atoms with E-state index in [4.69, 9.17) is 0 Å². The van der Waals surface area contributed by atoms with Gasteiger partial charge in [0.2, 0.25) is 0 Å². The second-order valence-corrected chi connectivity index (χ2v) is 7.79. The van der Waals surface area contributed by atoms with Crippen LogP contribution in [0.3, 0.4) is 0 Å². The Bertz CT molecular complexity index is 841. The summed E-state index contributed by atoms with van der Waals surface area (Å²) in [5.74, 6) is 1.08. The van der Waals surface area contributed by atoms with Crippen molar-refractivity contribution in [3.8, 4) is 0 Å². The molecule has 1 fully saturated rings. The first kappa shape index (κ1) is 16.4. The van der Waals surface area contributed by atoms with Gasteiger partial charge in [-0.15, -0.1) is 11.3 Å². The maximum absolute atomic E-state index is 4.56. The van der Waals surface area contributed by atoms with Crippen molar-refractivity contribution >= 4 is 27.4 Å². The van der Waals surface area contributed by atoms with Crippen LogP contribution >= 0.6 is 11.3 Å². The minimum atomic E-state index is 0.241. The minimum absolute atomic E-state index is 0.241. The van der Waals surface area contributed by atoms with Gasteiger partial charge in [-0.2, -0.15) is 0 Å². The average molecular weight is 354 g/mol. The zero-order valence-electron chi connectivity index (χ0n) is 14.5. The number of hydrogen-bond donors (Lipinski definition) is 1. The van der Waals surface area contributed by atoms with Gasteiger partial charge in [0.25, 0.3) is 0 Å². The highest BCUT2D eigenvalue weighted by Crippen LogP contribution is 2.31. The number of nitrogens with zero attached hydrogens (tertiary/aromatic N) is 5. The summed E-state index contributed by atoms with van der Waals surface area (Å²) in [5, 5.41) is 4.89. The topological polar surface area (TPSA) is 66.8 Å². The lowest BCUT2D eigenvalue weighted by Crippen LogP contribution is -2.43. The Labute approximate surface area is 151 Å². The van der Waals surface area contributed by atoms with Crippen LogP contribution in [0.25, 0.3) is 10.2 Å². The molecule has 0 aromatic carbocycles. The van der Waals surface area contributed by atoms with E-state index < -0.39 is 0 Å². The third-order valence-electron chi connectivity index (χ3n) is 4.76. The molecule has 0 saturated carbocycles. The van der Waals surface area contributed by atoms with E-state index in [1.54, 1.807) is 30.2 Å². The summed E-state index contributed by atoms with van der Waals surface area (Å²) in [6.07, 6.45) is 7.30. The normalized spacial score (nSPS) is 17.1. The Hall–Kier alpha value is -2.12. The van der Waals surface area contributed by atoms with Crippen molar-refractivity contribution in [3.05, 3.63) is 41.6 Å². The standard InChI is InChI=1S/C18H22N6S/c1-12-9-15-17(21-11-22-18(15)25-12)24-7-4-14(5-8-24)23-13(2)16-3-6-19-10-20-16/h3,6,9-11,13-14,23H,4-5,7-8H2,1-2H3. The van der Waals surface area contributed by atoms with Crippen molar-refractivity contribution in [2.45, 2.75) is 38.8 Å². The Morgan fingerprint density at radius 1 is 1.20 bits per heavy atom. The molecule has 1 N–H and O–H groups in total. The monoisotopic (exact) mass is 354 g/mol. The molecule has 3 aromatic rings. The predicted octanol–water partition coefficient (Wildman–Crippen LogP) is 3.11. The number of aryl methyl sites for hydroxylation is 1. The number of fused-ring (bicyclic) bond motifs is 1. The van der Waals surface area contributed by atoms with Crippen LogP contribution < -0.4 is 10.2 Å². The third-order valence-corrected chi connectivity index (χ3v) is 5.72. The molecule has 0 bridgehead atoms. The Balaban J connectivity index is 1.41. The molecule has 6 nitrogen and oxygen atoms in total. The quantitative estimate of drug-likeness (QED) is 0.776. The van der Waals surface area contributed by atoms with Gasteiger partial charge in [0, 0.05) is 36.2 Å². The Kier molecular flexibility index (Phi) is 4.59. The molecule has 1 aliphatic heterocycles. The van der Waals surface area contributed by atoms with Crippen molar-refractivity contribution in [2.75, 3.05) is 18.0 Å². The van der Waals surface area contributed by atoms with Gasteiger partial charge in [0.05, 0.1) is 11.1 Å². The van der Waals surface area contributed by atoms with Crippen molar-refractivity contribution in [2.24, 2.45) is 0 Å². The Morgan fingerprint density at radius 2 is 2.04 bits per heavy atom. The lowest BCUT2D eigenvalue weighted by atomic mass is 10.0. The largest absolute Gasteiger partial charge is 0.356 e. The highest BCUT2D eigenvalue weighted by molar-refractivity contribution is 7.18. The van der Waals surface area contributed by atoms with E-state index in [0.717, 1.165) is 42.3 Å². The first-order chi connectivity index (χ1) is 12.2. The first-order valence-corrected chi connectivity index (χ1v) is 9.50. The number of piperidine rings is 1. The molecule has 7 heteroatoms. The lowest BCUT2D eigenvalue weighted by molar-refractivity contribution is 0.377. The van der Waals surface area contributed by atoms with Crippen LogP contribution in [0.4, 0.5) is 5.82 Å². The molecule has 3 aromatic heterocycles.